The fourth-order valence-corrected chi connectivity index (χ4v) is 3.81. The largest absolute Gasteiger partial charge is 0.445 e. The van der Waals surface area contributed by atoms with Crippen molar-refractivity contribution in [2.24, 2.45) is 0 Å². The summed E-state index contributed by atoms with van der Waals surface area (Å²) in [6.07, 6.45) is 1.56. The van der Waals surface area contributed by atoms with Crippen molar-refractivity contribution in [3.63, 3.8) is 0 Å². The van der Waals surface area contributed by atoms with E-state index in [1.54, 1.807) is 0 Å². The van der Waals surface area contributed by atoms with Gasteiger partial charge < -0.3 is 20.4 Å². The molecule has 6 heteroatoms. The highest BCUT2D eigenvalue weighted by Gasteiger charge is 2.24. The van der Waals surface area contributed by atoms with Crippen molar-refractivity contribution < 1.29 is 14.3 Å². The molecule has 0 saturated carbocycles. The second-order valence-electron chi connectivity index (χ2n) is 8.13. The third-order valence-electron chi connectivity index (χ3n) is 5.56. The molecular formula is C27H27N3O3. The molecule has 33 heavy (non-hydrogen) atoms. The number of nitrogens with one attached hydrogen (secondary N) is 3. The molecule has 0 aliphatic heterocycles. The zero-order chi connectivity index (χ0) is 23.2. The van der Waals surface area contributed by atoms with Crippen LogP contribution in [-0.4, -0.2) is 23.0 Å². The van der Waals surface area contributed by atoms with Crippen LogP contribution in [0, 0.1) is 13.8 Å². The van der Waals surface area contributed by atoms with Gasteiger partial charge in [-0.15, -0.1) is 0 Å². The molecule has 4 aromatic rings. The zero-order valence-electron chi connectivity index (χ0n) is 18.7. The average Bonchev–Trinajstić information content (AvgIpc) is 3.22. The van der Waals surface area contributed by atoms with Crippen LogP contribution in [0.15, 0.2) is 79.0 Å². The van der Waals surface area contributed by atoms with Crippen molar-refractivity contribution in [3.8, 4) is 0 Å². The number of benzene rings is 3. The van der Waals surface area contributed by atoms with E-state index < -0.39 is 12.1 Å². The van der Waals surface area contributed by atoms with E-state index >= 15 is 0 Å². The van der Waals surface area contributed by atoms with Gasteiger partial charge in [0.15, 0.2) is 0 Å². The summed E-state index contributed by atoms with van der Waals surface area (Å²) in [5.41, 5.74) is 5.58. The van der Waals surface area contributed by atoms with Gasteiger partial charge in [0.25, 0.3) is 0 Å². The fourth-order valence-electron chi connectivity index (χ4n) is 3.81. The quantitative estimate of drug-likeness (QED) is 0.366. The Kier molecular flexibility index (Phi) is 6.74. The minimum absolute atomic E-state index is 0.130. The summed E-state index contributed by atoms with van der Waals surface area (Å²) in [4.78, 5) is 29.0. The Balaban J connectivity index is 1.51. The molecule has 2 amide bonds. The molecule has 0 unspecified atom stereocenters. The molecule has 3 N–H and O–H groups in total. The maximum atomic E-state index is 13.2. The van der Waals surface area contributed by atoms with Crippen molar-refractivity contribution in [3.05, 3.63) is 101 Å². The maximum absolute atomic E-state index is 13.2. The minimum Gasteiger partial charge on any atom is -0.445 e. The lowest BCUT2D eigenvalue weighted by Gasteiger charge is -2.19. The molecule has 0 saturated heterocycles. The van der Waals surface area contributed by atoms with Crippen molar-refractivity contribution in [1.29, 1.82) is 0 Å². The molecule has 6 nitrogen and oxygen atoms in total. The molecule has 0 aliphatic carbocycles. The number of carbonyl (C=O) groups is 2. The smallest absolute Gasteiger partial charge is 0.408 e. The van der Waals surface area contributed by atoms with Gasteiger partial charge >= 0.3 is 6.09 Å². The predicted octanol–water partition coefficient (Wildman–Crippen LogP) is 5.26. The number of ether oxygens (including phenoxy) is 1. The van der Waals surface area contributed by atoms with Crippen LogP contribution in [-0.2, 0) is 22.6 Å². The van der Waals surface area contributed by atoms with Crippen molar-refractivity contribution in [2.75, 3.05) is 5.32 Å². The second kappa shape index (κ2) is 10.0. The monoisotopic (exact) mass is 441 g/mol. The minimum atomic E-state index is -0.812. The number of hydrogen-bond acceptors (Lipinski definition) is 3. The van der Waals surface area contributed by atoms with Gasteiger partial charge in [-0.2, -0.15) is 0 Å². The van der Waals surface area contributed by atoms with Gasteiger partial charge in [-0.1, -0.05) is 66.2 Å². The summed E-state index contributed by atoms with van der Waals surface area (Å²) in [5, 5.41) is 6.73. The van der Waals surface area contributed by atoms with Gasteiger partial charge in [-0.3, -0.25) is 4.79 Å². The van der Waals surface area contributed by atoms with Crippen LogP contribution < -0.4 is 10.6 Å². The Morgan fingerprint density at radius 2 is 1.73 bits per heavy atom. The first-order chi connectivity index (χ1) is 16.0. The van der Waals surface area contributed by atoms with Crippen molar-refractivity contribution in [2.45, 2.75) is 32.9 Å². The number of rotatable bonds is 7. The summed E-state index contributed by atoms with van der Waals surface area (Å²) in [5.74, 6) is -0.302. The van der Waals surface area contributed by atoms with E-state index in [0.717, 1.165) is 33.2 Å². The normalized spacial score (nSPS) is 11.7. The summed E-state index contributed by atoms with van der Waals surface area (Å²) < 4.78 is 5.37. The fraction of sp³-hybridized carbons (Fsp3) is 0.185. The molecule has 1 heterocycles. The lowest BCUT2D eigenvalue weighted by molar-refractivity contribution is -0.118. The lowest BCUT2D eigenvalue weighted by Crippen LogP contribution is -2.45. The molecule has 1 atom stereocenters. The molecule has 0 radical (unpaired) electrons. The van der Waals surface area contributed by atoms with E-state index in [1.807, 2.05) is 92.8 Å². The maximum Gasteiger partial charge on any atom is 0.408 e. The molecule has 0 spiro atoms. The van der Waals surface area contributed by atoms with Crippen LogP contribution in [0.1, 0.15) is 22.3 Å². The SMILES string of the molecule is Cc1ccc(NC(=O)[C@@H](Cc2c[nH]c3ccccc23)NC(=O)OCc2ccccc2)c(C)c1. The van der Waals surface area contributed by atoms with E-state index in [9.17, 15) is 9.59 Å². The summed E-state index contributed by atoms with van der Waals surface area (Å²) in [6, 6.07) is 22.3. The van der Waals surface area contributed by atoms with Gasteiger partial charge in [0, 0.05) is 29.2 Å². The van der Waals surface area contributed by atoms with Crippen LogP contribution in [0.2, 0.25) is 0 Å². The van der Waals surface area contributed by atoms with Crippen molar-refractivity contribution >= 4 is 28.6 Å². The Bertz CT molecular complexity index is 1260. The molecule has 0 aliphatic rings. The van der Waals surface area contributed by atoms with Crippen LogP contribution in [0.4, 0.5) is 10.5 Å². The number of aromatic nitrogens is 1. The van der Waals surface area contributed by atoms with E-state index in [-0.39, 0.29) is 12.5 Å². The Morgan fingerprint density at radius 3 is 2.52 bits per heavy atom. The average molecular weight is 442 g/mol. The Hall–Kier alpha value is -4.06. The molecule has 0 fully saturated rings. The van der Waals surface area contributed by atoms with Crippen LogP contribution in [0.5, 0.6) is 0 Å². The number of anilines is 1. The van der Waals surface area contributed by atoms with Gasteiger partial charge in [-0.25, -0.2) is 4.79 Å². The van der Waals surface area contributed by atoms with E-state index in [0.29, 0.717) is 12.1 Å². The second-order valence-corrected chi connectivity index (χ2v) is 8.13. The number of hydrogen-bond donors (Lipinski definition) is 3. The number of amides is 2. The molecule has 1 aromatic heterocycles. The summed E-state index contributed by atoms with van der Waals surface area (Å²) in [7, 11) is 0. The third-order valence-corrected chi connectivity index (χ3v) is 5.56. The zero-order valence-corrected chi connectivity index (χ0v) is 18.7. The molecule has 3 aromatic carbocycles. The highest BCUT2D eigenvalue weighted by atomic mass is 16.5. The van der Waals surface area contributed by atoms with E-state index in [2.05, 4.69) is 15.6 Å². The highest BCUT2D eigenvalue weighted by Crippen LogP contribution is 2.21. The standard InChI is InChI=1S/C27H27N3O3/c1-18-12-13-23(19(2)14-18)29-26(31)25(15-21-16-28-24-11-7-6-10-22(21)24)30-27(32)33-17-20-8-4-3-5-9-20/h3-14,16,25,28H,15,17H2,1-2H3,(H,29,31)(H,30,32)/t25-/m1/s1. The molecule has 0 bridgehead atoms. The number of aromatic amines is 1. The van der Waals surface area contributed by atoms with E-state index in [1.165, 1.54) is 0 Å². The number of aryl methyl sites for hydroxylation is 2. The van der Waals surface area contributed by atoms with Gasteiger partial charge in [0.1, 0.15) is 12.6 Å². The molecule has 168 valence electrons. The van der Waals surface area contributed by atoms with Crippen LogP contribution in [0.25, 0.3) is 10.9 Å². The van der Waals surface area contributed by atoms with Gasteiger partial charge in [0.05, 0.1) is 0 Å². The summed E-state index contributed by atoms with van der Waals surface area (Å²) >= 11 is 0. The number of alkyl carbamates (subject to hydrolysis) is 1. The number of para-hydroxylation sites is 1. The number of carbonyl (C=O) groups excluding carboxylic acids is 2. The van der Waals surface area contributed by atoms with E-state index in [4.69, 9.17) is 4.74 Å². The summed E-state index contributed by atoms with van der Waals surface area (Å²) in [6.45, 7) is 4.08. The number of fused-ring (bicyclic) bond motifs is 1. The first-order valence-electron chi connectivity index (χ1n) is 10.9. The predicted molar refractivity (Wildman–Crippen MR) is 130 cm³/mol. The molecular weight excluding hydrogens is 414 g/mol. The number of H-pyrrole nitrogens is 1. The highest BCUT2D eigenvalue weighted by molar-refractivity contribution is 5.98. The molecule has 4 rings (SSSR count). The van der Waals surface area contributed by atoms with Crippen molar-refractivity contribution in [1.82, 2.24) is 10.3 Å². The first-order valence-corrected chi connectivity index (χ1v) is 10.9. The van der Waals surface area contributed by atoms with Crippen LogP contribution >= 0.6 is 0 Å². The van der Waals surface area contributed by atoms with Crippen LogP contribution in [0.3, 0.4) is 0 Å². The van der Waals surface area contributed by atoms with Gasteiger partial charge in [0.2, 0.25) is 5.91 Å². The lowest BCUT2D eigenvalue weighted by atomic mass is 10.0. The topological polar surface area (TPSA) is 83.2 Å². The Morgan fingerprint density at radius 1 is 0.970 bits per heavy atom. The first kappa shape index (κ1) is 22.1. The van der Waals surface area contributed by atoms with Gasteiger partial charge in [-0.05, 0) is 42.7 Å². The Labute approximate surface area is 193 Å². The third kappa shape index (κ3) is 5.60.